The average Bonchev–Trinajstić information content (AvgIpc) is 3.18. The first kappa shape index (κ1) is 17.0. The largest absolute Gasteiger partial charge is 0.333 e. The van der Waals surface area contributed by atoms with Gasteiger partial charge in [0.25, 0.3) is 0 Å². The zero-order chi connectivity index (χ0) is 17.8. The summed E-state index contributed by atoms with van der Waals surface area (Å²) in [6.45, 7) is 7.56. The number of anilines is 1. The highest BCUT2D eigenvalue weighted by molar-refractivity contribution is 5.88. The summed E-state index contributed by atoms with van der Waals surface area (Å²) < 4.78 is 4.30. The number of hydrogen-bond donors (Lipinski definition) is 1. The van der Waals surface area contributed by atoms with Gasteiger partial charge in [0.1, 0.15) is 5.82 Å². The smallest absolute Gasteiger partial charge is 0.221 e. The first-order valence-corrected chi connectivity index (χ1v) is 8.41. The van der Waals surface area contributed by atoms with Gasteiger partial charge in [-0.1, -0.05) is 13.8 Å². The van der Waals surface area contributed by atoms with Crippen molar-refractivity contribution in [3.63, 3.8) is 0 Å². The van der Waals surface area contributed by atoms with Crippen molar-refractivity contribution in [2.45, 2.75) is 33.9 Å². The Balaban J connectivity index is 1.81. The Bertz CT molecular complexity index is 845. The van der Waals surface area contributed by atoms with Gasteiger partial charge in [0.15, 0.2) is 0 Å². The van der Waals surface area contributed by atoms with E-state index in [1.165, 1.54) is 6.92 Å². The van der Waals surface area contributed by atoms with Crippen molar-refractivity contribution in [3.8, 4) is 11.4 Å². The van der Waals surface area contributed by atoms with E-state index >= 15 is 0 Å². The molecule has 1 amide bonds. The molecule has 0 saturated carbocycles. The number of aromatic nitrogens is 4. The number of nitrogens with one attached hydrogen (secondary N) is 1. The molecule has 0 saturated heterocycles. The van der Waals surface area contributed by atoms with Crippen LogP contribution in [0.25, 0.3) is 11.4 Å². The first-order chi connectivity index (χ1) is 12.0. The van der Waals surface area contributed by atoms with Crippen molar-refractivity contribution in [2.75, 3.05) is 5.32 Å². The zero-order valence-corrected chi connectivity index (χ0v) is 14.8. The Morgan fingerprint density at radius 1 is 1.20 bits per heavy atom. The number of carbonyl (C=O) groups is 1. The van der Waals surface area contributed by atoms with Crippen molar-refractivity contribution in [1.82, 2.24) is 19.1 Å². The number of rotatable bonds is 6. The second kappa shape index (κ2) is 7.34. The van der Waals surface area contributed by atoms with E-state index in [1.807, 2.05) is 43.0 Å². The van der Waals surface area contributed by atoms with Gasteiger partial charge in [-0.25, -0.2) is 9.97 Å². The molecule has 3 rings (SSSR count). The third-order valence-electron chi connectivity index (χ3n) is 3.87. The molecule has 6 nitrogen and oxygen atoms in total. The van der Waals surface area contributed by atoms with Crippen LogP contribution in [0, 0.1) is 5.92 Å². The number of nitrogens with zero attached hydrogens (tertiary/aromatic N) is 4. The van der Waals surface area contributed by atoms with E-state index in [1.54, 1.807) is 6.20 Å². The minimum atomic E-state index is -0.0762. The predicted octanol–water partition coefficient (Wildman–Crippen LogP) is 3.41. The van der Waals surface area contributed by atoms with E-state index in [9.17, 15) is 4.79 Å². The molecular formula is C19H23N5O. The molecular weight excluding hydrogens is 314 g/mol. The number of benzene rings is 1. The molecule has 2 heterocycles. The molecule has 0 bridgehead atoms. The van der Waals surface area contributed by atoms with Gasteiger partial charge in [0, 0.05) is 43.3 Å². The molecule has 0 unspecified atom stereocenters. The molecule has 25 heavy (non-hydrogen) atoms. The molecule has 1 aromatic carbocycles. The number of imidazole rings is 2. The third-order valence-corrected chi connectivity index (χ3v) is 3.87. The summed E-state index contributed by atoms with van der Waals surface area (Å²) in [4.78, 5) is 19.9. The van der Waals surface area contributed by atoms with Crippen LogP contribution in [0.2, 0.25) is 0 Å². The minimum Gasteiger partial charge on any atom is -0.333 e. The lowest BCUT2D eigenvalue weighted by atomic mass is 10.2. The summed E-state index contributed by atoms with van der Waals surface area (Å²) >= 11 is 0. The maximum atomic E-state index is 11.1. The Morgan fingerprint density at radius 2 is 1.96 bits per heavy atom. The monoisotopic (exact) mass is 337 g/mol. The predicted molar refractivity (Wildman–Crippen MR) is 98.1 cm³/mol. The SMILES string of the molecule is CC(=O)Nc1ccc(-c2nccn2Cc2cncn2CC(C)C)cc1. The molecule has 2 aromatic heterocycles. The van der Waals surface area contributed by atoms with Crippen molar-refractivity contribution in [3.05, 3.63) is 54.9 Å². The number of amides is 1. The summed E-state index contributed by atoms with van der Waals surface area (Å²) in [7, 11) is 0. The van der Waals surface area contributed by atoms with E-state index in [0.29, 0.717) is 5.92 Å². The molecule has 0 radical (unpaired) electrons. The molecule has 6 heteroatoms. The van der Waals surface area contributed by atoms with Gasteiger partial charge in [-0.2, -0.15) is 0 Å². The van der Waals surface area contributed by atoms with E-state index in [2.05, 4.69) is 38.3 Å². The molecule has 0 spiro atoms. The number of carbonyl (C=O) groups excluding carboxylic acids is 1. The Morgan fingerprint density at radius 3 is 2.64 bits per heavy atom. The maximum absolute atomic E-state index is 11.1. The van der Waals surface area contributed by atoms with Crippen LogP contribution < -0.4 is 5.32 Å². The second-order valence-corrected chi connectivity index (χ2v) is 6.57. The van der Waals surface area contributed by atoms with E-state index in [0.717, 1.165) is 35.9 Å². The summed E-state index contributed by atoms with van der Waals surface area (Å²) in [5, 5.41) is 2.78. The highest BCUT2D eigenvalue weighted by Gasteiger charge is 2.10. The molecule has 0 atom stereocenters. The van der Waals surface area contributed by atoms with Crippen LogP contribution in [-0.2, 0) is 17.9 Å². The highest BCUT2D eigenvalue weighted by atomic mass is 16.1. The highest BCUT2D eigenvalue weighted by Crippen LogP contribution is 2.21. The molecule has 0 aliphatic heterocycles. The quantitative estimate of drug-likeness (QED) is 0.749. The number of hydrogen-bond acceptors (Lipinski definition) is 3. The third kappa shape index (κ3) is 4.15. The van der Waals surface area contributed by atoms with Crippen molar-refractivity contribution in [2.24, 2.45) is 5.92 Å². The standard InChI is InChI=1S/C19H23N5O/c1-14(2)11-24-13-20-10-18(24)12-23-9-8-21-19(23)16-4-6-17(7-5-16)22-15(3)25/h4-10,13-14H,11-12H2,1-3H3,(H,22,25). The lowest BCUT2D eigenvalue weighted by Crippen LogP contribution is -2.10. The van der Waals surface area contributed by atoms with Gasteiger partial charge in [-0.15, -0.1) is 0 Å². The Labute approximate surface area is 147 Å². The lowest BCUT2D eigenvalue weighted by molar-refractivity contribution is -0.114. The van der Waals surface area contributed by atoms with Crippen LogP contribution in [0.1, 0.15) is 26.5 Å². The molecule has 0 aliphatic carbocycles. The van der Waals surface area contributed by atoms with Crippen LogP contribution in [0.4, 0.5) is 5.69 Å². The van der Waals surface area contributed by atoms with Crippen molar-refractivity contribution >= 4 is 11.6 Å². The zero-order valence-electron chi connectivity index (χ0n) is 14.8. The van der Waals surface area contributed by atoms with Gasteiger partial charge in [-0.3, -0.25) is 4.79 Å². The van der Waals surface area contributed by atoms with Crippen LogP contribution in [-0.4, -0.2) is 25.0 Å². The van der Waals surface area contributed by atoms with Gasteiger partial charge in [0.2, 0.25) is 5.91 Å². The average molecular weight is 337 g/mol. The second-order valence-electron chi connectivity index (χ2n) is 6.57. The summed E-state index contributed by atoms with van der Waals surface area (Å²) in [6.07, 6.45) is 7.57. The van der Waals surface area contributed by atoms with E-state index in [-0.39, 0.29) is 5.91 Å². The topological polar surface area (TPSA) is 64.7 Å². The van der Waals surface area contributed by atoms with Gasteiger partial charge >= 0.3 is 0 Å². The Hall–Kier alpha value is -2.89. The fourth-order valence-electron chi connectivity index (χ4n) is 2.82. The Kier molecular flexibility index (Phi) is 4.97. The van der Waals surface area contributed by atoms with Gasteiger partial charge < -0.3 is 14.5 Å². The maximum Gasteiger partial charge on any atom is 0.221 e. The molecule has 1 N–H and O–H groups in total. The molecule has 0 aliphatic rings. The van der Waals surface area contributed by atoms with Gasteiger partial charge in [0.05, 0.1) is 18.6 Å². The van der Waals surface area contributed by atoms with Crippen LogP contribution in [0.5, 0.6) is 0 Å². The van der Waals surface area contributed by atoms with E-state index in [4.69, 9.17) is 0 Å². The summed E-state index contributed by atoms with van der Waals surface area (Å²) in [6, 6.07) is 7.71. The van der Waals surface area contributed by atoms with Crippen molar-refractivity contribution in [1.29, 1.82) is 0 Å². The van der Waals surface area contributed by atoms with Crippen LogP contribution >= 0.6 is 0 Å². The van der Waals surface area contributed by atoms with Crippen LogP contribution in [0.15, 0.2) is 49.2 Å². The first-order valence-electron chi connectivity index (χ1n) is 8.41. The molecule has 130 valence electrons. The lowest BCUT2D eigenvalue weighted by Gasteiger charge is -2.13. The minimum absolute atomic E-state index is 0.0762. The molecule has 0 fully saturated rings. The fraction of sp³-hybridized carbons (Fsp3) is 0.316. The molecule has 3 aromatic rings. The summed E-state index contributed by atoms with van der Waals surface area (Å²) in [5.41, 5.74) is 2.95. The van der Waals surface area contributed by atoms with Crippen LogP contribution in [0.3, 0.4) is 0 Å². The normalized spacial score (nSPS) is 11.0. The fourth-order valence-corrected chi connectivity index (χ4v) is 2.82. The van der Waals surface area contributed by atoms with E-state index < -0.39 is 0 Å². The summed E-state index contributed by atoms with van der Waals surface area (Å²) in [5.74, 6) is 1.39. The van der Waals surface area contributed by atoms with Crippen molar-refractivity contribution < 1.29 is 4.79 Å². The van der Waals surface area contributed by atoms with Gasteiger partial charge in [-0.05, 0) is 30.2 Å².